The minimum Gasteiger partial charge on any atom is -0.452 e. The van der Waals surface area contributed by atoms with Crippen molar-refractivity contribution in [1.82, 2.24) is 14.5 Å². The molecule has 1 aromatic carbocycles. The fraction of sp³-hybridized carbons (Fsp3) is 0.294. The lowest BCUT2D eigenvalue weighted by Crippen LogP contribution is -2.24. The molecule has 5 nitrogen and oxygen atoms in total. The van der Waals surface area contributed by atoms with Crippen LogP contribution in [0.25, 0.3) is 21.7 Å². The molecule has 8 heteroatoms. The van der Waals surface area contributed by atoms with Crippen molar-refractivity contribution in [2.24, 2.45) is 0 Å². The van der Waals surface area contributed by atoms with Gasteiger partial charge in [0, 0.05) is 27.6 Å². The zero-order valence-electron chi connectivity index (χ0n) is 13.7. The van der Waals surface area contributed by atoms with Crippen LogP contribution in [0.1, 0.15) is 10.4 Å². The number of hydrogen-bond donors (Lipinski definition) is 0. The summed E-state index contributed by atoms with van der Waals surface area (Å²) in [6.07, 6.45) is 0.412. The molecule has 1 aliphatic rings. The summed E-state index contributed by atoms with van der Waals surface area (Å²) in [5.74, 6) is 0.105. The first-order valence-electron chi connectivity index (χ1n) is 7.74. The fourth-order valence-corrected chi connectivity index (χ4v) is 5.07. The van der Waals surface area contributed by atoms with Gasteiger partial charge in [-0.05, 0) is 53.8 Å². The number of benzene rings is 1. The summed E-state index contributed by atoms with van der Waals surface area (Å²) in [6.45, 7) is 1.91. The van der Waals surface area contributed by atoms with Gasteiger partial charge in [0.2, 0.25) is 0 Å². The molecule has 0 fully saturated rings. The van der Waals surface area contributed by atoms with Crippen molar-refractivity contribution < 1.29 is 13.9 Å². The average Bonchev–Trinajstić information content (AvgIpc) is 3.14. The molecule has 3 aromatic rings. The topological polar surface area (TPSA) is 47.4 Å². The van der Waals surface area contributed by atoms with Crippen molar-refractivity contribution >= 4 is 51.1 Å². The molecule has 4 rings (SSSR count). The van der Waals surface area contributed by atoms with Crippen LogP contribution in [0.5, 0.6) is 0 Å². The van der Waals surface area contributed by atoms with Crippen LogP contribution in [0.15, 0.2) is 18.2 Å². The predicted octanol–water partition coefficient (Wildman–Crippen LogP) is 4.11. The van der Waals surface area contributed by atoms with E-state index in [0.29, 0.717) is 20.4 Å². The van der Waals surface area contributed by atoms with Gasteiger partial charge in [-0.25, -0.2) is 18.7 Å². The van der Waals surface area contributed by atoms with E-state index in [1.54, 1.807) is 11.3 Å². The number of nitrogens with zero attached hydrogens (tertiary/aromatic N) is 3. The largest absolute Gasteiger partial charge is 0.452 e. The third-order valence-corrected chi connectivity index (χ3v) is 6.31. The quantitative estimate of drug-likeness (QED) is 0.502. The number of halogens is 2. The first-order valence-corrected chi connectivity index (χ1v) is 9.63. The van der Waals surface area contributed by atoms with Crippen LogP contribution in [0.3, 0.4) is 0 Å². The van der Waals surface area contributed by atoms with Crippen LogP contribution in [-0.2, 0) is 17.7 Å². The number of thiophene rings is 1. The van der Waals surface area contributed by atoms with Crippen LogP contribution in [0.4, 0.5) is 9.18 Å². The molecular formula is C17H15FIN3O2S. The highest BCUT2D eigenvalue weighted by Crippen LogP contribution is 2.36. The summed E-state index contributed by atoms with van der Waals surface area (Å²) in [5, 5.41) is 0. The molecule has 0 bridgehead atoms. The highest BCUT2D eigenvalue weighted by molar-refractivity contribution is 14.1. The SMILES string of the molecule is COC(=O)n1c(-c2cc3c(s2)CN(C)CC3)nc2c(I)cc(F)cc21. The second-order valence-electron chi connectivity index (χ2n) is 6.04. The fourth-order valence-electron chi connectivity index (χ4n) is 3.10. The number of rotatable bonds is 1. The molecule has 0 radical (unpaired) electrons. The smallest absolute Gasteiger partial charge is 0.420 e. The molecule has 0 atom stereocenters. The number of imidazole rings is 1. The Hall–Kier alpha value is -1.52. The number of hydrogen-bond acceptors (Lipinski definition) is 5. The Balaban J connectivity index is 1.95. The lowest BCUT2D eigenvalue weighted by molar-refractivity contribution is 0.174. The minimum absolute atomic E-state index is 0.402. The number of methoxy groups -OCH3 is 1. The molecule has 0 amide bonds. The second-order valence-corrected chi connectivity index (χ2v) is 8.34. The van der Waals surface area contributed by atoms with Crippen LogP contribution < -0.4 is 0 Å². The molecule has 130 valence electrons. The van der Waals surface area contributed by atoms with Crippen LogP contribution >= 0.6 is 33.9 Å². The molecule has 0 saturated heterocycles. The standard InChI is InChI=1S/C17H15FIN3O2S/c1-21-4-3-9-5-13(25-14(9)8-21)16-20-15-11(19)6-10(18)7-12(15)22(16)17(23)24-2/h5-7H,3-4,8H2,1-2H3. The number of likely N-dealkylation sites (N-methyl/N-ethyl adjacent to an activating group) is 1. The number of fused-ring (bicyclic) bond motifs is 2. The monoisotopic (exact) mass is 471 g/mol. The predicted molar refractivity (Wildman–Crippen MR) is 104 cm³/mol. The van der Waals surface area contributed by atoms with Crippen molar-refractivity contribution in [3.05, 3.63) is 38.0 Å². The Kier molecular flexibility index (Phi) is 4.28. The lowest BCUT2D eigenvalue weighted by Gasteiger charge is -2.21. The summed E-state index contributed by atoms with van der Waals surface area (Å²) in [6, 6.07) is 4.83. The number of aromatic nitrogens is 2. The van der Waals surface area contributed by atoms with Crippen LogP contribution in [-0.4, -0.2) is 41.2 Å². The van der Waals surface area contributed by atoms with E-state index in [1.807, 2.05) is 22.6 Å². The summed E-state index contributed by atoms with van der Waals surface area (Å²) in [5.41, 5.74) is 2.32. The molecule has 0 N–H and O–H groups in total. The van der Waals surface area contributed by atoms with E-state index >= 15 is 0 Å². The van der Waals surface area contributed by atoms with E-state index in [2.05, 4.69) is 23.0 Å². The minimum atomic E-state index is -0.567. The number of carbonyl (C=O) groups is 1. The molecule has 3 heterocycles. The molecule has 1 aliphatic heterocycles. The van der Waals surface area contributed by atoms with Gasteiger partial charge in [0.1, 0.15) is 11.3 Å². The molecule has 25 heavy (non-hydrogen) atoms. The molecule has 0 aliphatic carbocycles. The average molecular weight is 471 g/mol. The highest BCUT2D eigenvalue weighted by atomic mass is 127. The van der Waals surface area contributed by atoms with Gasteiger partial charge >= 0.3 is 6.09 Å². The third-order valence-electron chi connectivity index (χ3n) is 4.33. The van der Waals surface area contributed by atoms with E-state index < -0.39 is 11.9 Å². The summed E-state index contributed by atoms with van der Waals surface area (Å²) in [4.78, 5) is 21.5. The van der Waals surface area contributed by atoms with Gasteiger partial charge < -0.3 is 9.64 Å². The number of carbonyl (C=O) groups excluding carboxylic acids is 1. The third kappa shape index (κ3) is 2.85. The van der Waals surface area contributed by atoms with E-state index in [9.17, 15) is 9.18 Å². The molecule has 0 unspecified atom stereocenters. The first-order chi connectivity index (χ1) is 12.0. The lowest BCUT2D eigenvalue weighted by atomic mass is 10.1. The maximum atomic E-state index is 13.9. The zero-order chi connectivity index (χ0) is 17.7. The maximum Gasteiger partial charge on any atom is 0.420 e. The summed E-state index contributed by atoms with van der Waals surface area (Å²) < 4.78 is 20.8. The van der Waals surface area contributed by atoms with Gasteiger partial charge in [0.15, 0.2) is 5.82 Å². The van der Waals surface area contributed by atoms with E-state index in [4.69, 9.17) is 4.74 Å². The Morgan fingerprint density at radius 3 is 2.96 bits per heavy atom. The van der Waals surface area contributed by atoms with Crippen LogP contribution in [0, 0.1) is 9.39 Å². The van der Waals surface area contributed by atoms with Crippen molar-refractivity contribution in [2.45, 2.75) is 13.0 Å². The molecule has 0 spiro atoms. The molecular weight excluding hydrogens is 456 g/mol. The van der Waals surface area contributed by atoms with E-state index in [-0.39, 0.29) is 0 Å². The van der Waals surface area contributed by atoms with Gasteiger partial charge in [-0.1, -0.05) is 0 Å². The van der Waals surface area contributed by atoms with Gasteiger partial charge in [0.25, 0.3) is 0 Å². The zero-order valence-corrected chi connectivity index (χ0v) is 16.6. The van der Waals surface area contributed by atoms with Gasteiger partial charge in [-0.3, -0.25) is 0 Å². The van der Waals surface area contributed by atoms with Crippen molar-refractivity contribution in [2.75, 3.05) is 20.7 Å². The second kappa shape index (κ2) is 6.33. The summed E-state index contributed by atoms with van der Waals surface area (Å²) >= 11 is 3.67. The van der Waals surface area contributed by atoms with Crippen molar-refractivity contribution in [1.29, 1.82) is 0 Å². The van der Waals surface area contributed by atoms with E-state index in [1.165, 1.54) is 34.3 Å². The Labute approximate surface area is 161 Å². The first kappa shape index (κ1) is 16.9. The van der Waals surface area contributed by atoms with Crippen molar-refractivity contribution in [3.63, 3.8) is 0 Å². The van der Waals surface area contributed by atoms with Crippen LogP contribution in [0.2, 0.25) is 0 Å². The number of ether oxygens (including phenoxy) is 1. The van der Waals surface area contributed by atoms with Crippen molar-refractivity contribution in [3.8, 4) is 10.7 Å². The molecule has 0 saturated carbocycles. The summed E-state index contributed by atoms with van der Waals surface area (Å²) in [7, 11) is 3.41. The van der Waals surface area contributed by atoms with Gasteiger partial charge in [-0.15, -0.1) is 11.3 Å². The van der Waals surface area contributed by atoms with Gasteiger partial charge in [-0.2, -0.15) is 0 Å². The maximum absolute atomic E-state index is 13.9. The Bertz CT molecular complexity index is 998. The highest BCUT2D eigenvalue weighted by Gasteiger charge is 2.24. The van der Waals surface area contributed by atoms with E-state index in [0.717, 1.165) is 24.4 Å². The normalized spacial score (nSPS) is 14.7. The Morgan fingerprint density at radius 1 is 1.40 bits per heavy atom. The van der Waals surface area contributed by atoms with Gasteiger partial charge in [0.05, 0.1) is 17.5 Å². The Morgan fingerprint density at radius 2 is 2.20 bits per heavy atom. The molecule has 2 aromatic heterocycles.